The molecule has 172 valence electrons. The number of methoxy groups -OCH3 is 2. The molecular weight excluding hydrogens is 446 g/mol. The van der Waals surface area contributed by atoms with Crippen molar-refractivity contribution < 1.29 is 22.7 Å². The molecular formula is C22H23N5O5S. The zero-order valence-corrected chi connectivity index (χ0v) is 19.2. The van der Waals surface area contributed by atoms with Gasteiger partial charge in [-0.05, 0) is 24.3 Å². The summed E-state index contributed by atoms with van der Waals surface area (Å²) in [4.78, 5) is 12.4. The molecule has 3 aromatic rings. The number of carbonyl (C=O) groups excluding carboxylic acids is 1. The van der Waals surface area contributed by atoms with Gasteiger partial charge in [-0.3, -0.25) is 4.79 Å². The third-order valence-corrected chi connectivity index (χ3v) is 6.72. The Morgan fingerprint density at radius 1 is 1.18 bits per heavy atom. The lowest BCUT2D eigenvalue weighted by Crippen LogP contribution is -2.35. The summed E-state index contributed by atoms with van der Waals surface area (Å²) in [5.74, 6) is 1.08. The van der Waals surface area contributed by atoms with Crippen molar-refractivity contribution in [1.29, 1.82) is 5.26 Å². The van der Waals surface area contributed by atoms with E-state index in [1.165, 1.54) is 31.4 Å². The van der Waals surface area contributed by atoms with Crippen LogP contribution in [0.5, 0.6) is 11.5 Å². The van der Waals surface area contributed by atoms with Gasteiger partial charge in [0.1, 0.15) is 23.4 Å². The Bertz CT molecular complexity index is 1300. The Morgan fingerprint density at radius 3 is 2.64 bits per heavy atom. The average Bonchev–Trinajstić information content (AvgIpc) is 3.25. The molecule has 0 saturated heterocycles. The molecule has 1 aromatic heterocycles. The number of nitriles is 1. The fourth-order valence-electron chi connectivity index (χ4n) is 3.13. The maximum Gasteiger partial charge on any atom is 0.244 e. The molecule has 1 heterocycles. The first kappa shape index (κ1) is 23.8. The zero-order valence-electron chi connectivity index (χ0n) is 18.3. The van der Waals surface area contributed by atoms with Gasteiger partial charge in [0.15, 0.2) is 0 Å². The van der Waals surface area contributed by atoms with E-state index in [-0.39, 0.29) is 10.5 Å². The van der Waals surface area contributed by atoms with E-state index >= 15 is 0 Å². The predicted molar refractivity (Wildman–Crippen MR) is 120 cm³/mol. The van der Waals surface area contributed by atoms with Gasteiger partial charge in [-0.15, -0.1) is 0 Å². The van der Waals surface area contributed by atoms with Crippen molar-refractivity contribution in [2.75, 3.05) is 33.1 Å². The predicted octanol–water partition coefficient (Wildman–Crippen LogP) is 2.08. The molecule has 2 aromatic carbocycles. The molecule has 0 fully saturated rings. The summed E-state index contributed by atoms with van der Waals surface area (Å²) in [6, 6.07) is 14.7. The second-order valence-electron chi connectivity index (χ2n) is 6.97. The number of nitrogens with zero attached hydrogens (tertiary/aromatic N) is 4. The van der Waals surface area contributed by atoms with Crippen LogP contribution in [0.3, 0.4) is 0 Å². The highest BCUT2D eigenvalue weighted by Gasteiger charge is 2.26. The van der Waals surface area contributed by atoms with E-state index in [1.54, 1.807) is 43.2 Å². The molecule has 33 heavy (non-hydrogen) atoms. The first-order valence-electron chi connectivity index (χ1n) is 9.78. The minimum absolute atomic E-state index is 0.0104. The third kappa shape index (κ3) is 5.31. The fraction of sp³-hybridized carbons (Fsp3) is 0.227. The Hall–Kier alpha value is -3.88. The third-order valence-electron chi connectivity index (χ3n) is 4.86. The maximum absolute atomic E-state index is 12.8. The van der Waals surface area contributed by atoms with Gasteiger partial charge in [0.2, 0.25) is 15.9 Å². The molecule has 0 saturated carbocycles. The van der Waals surface area contributed by atoms with Crippen LogP contribution in [0.2, 0.25) is 0 Å². The van der Waals surface area contributed by atoms with Crippen molar-refractivity contribution in [3.8, 4) is 17.6 Å². The van der Waals surface area contributed by atoms with E-state index < -0.39 is 22.5 Å². The molecule has 0 aliphatic carbocycles. The van der Waals surface area contributed by atoms with E-state index in [2.05, 4.69) is 10.4 Å². The first-order valence-corrected chi connectivity index (χ1v) is 11.2. The topological polar surface area (TPSA) is 127 Å². The van der Waals surface area contributed by atoms with Crippen LogP contribution in [-0.4, -0.2) is 56.2 Å². The first-order chi connectivity index (χ1) is 15.8. The van der Waals surface area contributed by atoms with Crippen LogP contribution in [0.15, 0.2) is 59.6 Å². The van der Waals surface area contributed by atoms with Gasteiger partial charge in [0, 0.05) is 24.7 Å². The number of likely N-dealkylation sites (N-methyl/N-ethyl adjacent to an activating group) is 1. The molecule has 0 spiro atoms. The summed E-state index contributed by atoms with van der Waals surface area (Å²) in [6.07, 6.45) is 1.52. The molecule has 0 atom stereocenters. The maximum atomic E-state index is 12.8. The summed E-state index contributed by atoms with van der Waals surface area (Å²) in [5.41, 5.74) is 0.821. The smallest absolute Gasteiger partial charge is 0.244 e. The number of nitrogens with one attached hydrogen (secondary N) is 1. The van der Waals surface area contributed by atoms with Crippen LogP contribution in [0, 0.1) is 11.3 Å². The monoisotopic (exact) mass is 469 g/mol. The van der Waals surface area contributed by atoms with Crippen molar-refractivity contribution in [2.45, 2.75) is 11.4 Å². The van der Waals surface area contributed by atoms with E-state index in [0.717, 1.165) is 9.87 Å². The highest BCUT2D eigenvalue weighted by atomic mass is 32.2. The van der Waals surface area contributed by atoms with Crippen molar-refractivity contribution in [1.82, 2.24) is 14.1 Å². The minimum atomic E-state index is -4.03. The Balaban J connectivity index is 1.73. The molecule has 1 N–H and O–H groups in total. The quantitative estimate of drug-likeness (QED) is 0.508. The normalized spacial score (nSPS) is 11.1. The van der Waals surface area contributed by atoms with Crippen LogP contribution in [0.1, 0.15) is 11.1 Å². The second kappa shape index (κ2) is 10.2. The number of carbonyl (C=O) groups is 1. The largest absolute Gasteiger partial charge is 0.497 e. The molecule has 0 bridgehead atoms. The summed E-state index contributed by atoms with van der Waals surface area (Å²) in [5, 5.41) is 16.1. The summed E-state index contributed by atoms with van der Waals surface area (Å²) in [7, 11) is 0.357. The number of aromatic nitrogens is 2. The van der Waals surface area contributed by atoms with Gasteiger partial charge >= 0.3 is 0 Å². The average molecular weight is 470 g/mol. The number of anilines is 1. The zero-order chi connectivity index (χ0) is 24.0. The molecule has 1 amide bonds. The second-order valence-corrected chi connectivity index (χ2v) is 8.98. The minimum Gasteiger partial charge on any atom is -0.497 e. The molecule has 0 radical (unpaired) electrons. The van der Waals surface area contributed by atoms with Gasteiger partial charge in [-0.1, -0.05) is 12.1 Å². The summed E-state index contributed by atoms with van der Waals surface area (Å²) >= 11 is 0. The lowest BCUT2D eigenvalue weighted by Gasteiger charge is -2.18. The number of hydrogen-bond donors (Lipinski definition) is 1. The molecule has 0 aliphatic rings. The molecule has 0 aliphatic heterocycles. The molecule has 11 heteroatoms. The fourth-order valence-corrected chi connectivity index (χ4v) is 4.40. The Kier molecular flexibility index (Phi) is 7.32. The highest BCUT2D eigenvalue weighted by molar-refractivity contribution is 7.89. The van der Waals surface area contributed by atoms with E-state index in [1.807, 2.05) is 12.1 Å². The van der Waals surface area contributed by atoms with Gasteiger partial charge in [-0.2, -0.15) is 14.7 Å². The number of rotatable bonds is 9. The van der Waals surface area contributed by atoms with Crippen LogP contribution >= 0.6 is 0 Å². The summed E-state index contributed by atoms with van der Waals surface area (Å²) < 4.78 is 38.7. The van der Waals surface area contributed by atoms with Crippen molar-refractivity contribution in [3.05, 3.63) is 65.9 Å². The van der Waals surface area contributed by atoms with Gasteiger partial charge < -0.3 is 14.8 Å². The SMILES string of the molecule is COc1ccc(Cn2nccc2NC(=O)CN(C)S(=O)(=O)c2ccccc2C#N)c(OC)c1. The number of hydrogen-bond acceptors (Lipinski definition) is 7. The number of amides is 1. The van der Waals surface area contributed by atoms with Crippen LogP contribution in [0.4, 0.5) is 5.82 Å². The van der Waals surface area contributed by atoms with Crippen LogP contribution < -0.4 is 14.8 Å². The van der Waals surface area contributed by atoms with Crippen LogP contribution in [0.25, 0.3) is 0 Å². The Morgan fingerprint density at radius 2 is 1.94 bits per heavy atom. The standard InChI is InChI=1S/C22H23N5O5S/c1-26(33(29,30)20-7-5-4-6-16(20)13-23)15-22(28)25-21-10-11-24-27(21)14-17-8-9-18(31-2)12-19(17)32-3/h4-12H,14-15H2,1-3H3,(H,25,28). The number of benzene rings is 2. The Labute approximate surface area is 192 Å². The number of ether oxygens (including phenoxy) is 2. The van der Waals surface area contributed by atoms with Crippen molar-refractivity contribution in [3.63, 3.8) is 0 Å². The van der Waals surface area contributed by atoms with Crippen molar-refractivity contribution >= 4 is 21.7 Å². The molecule has 0 unspecified atom stereocenters. The van der Waals surface area contributed by atoms with Gasteiger partial charge in [-0.25, -0.2) is 13.1 Å². The number of sulfonamides is 1. The van der Waals surface area contributed by atoms with E-state index in [0.29, 0.717) is 23.9 Å². The van der Waals surface area contributed by atoms with Gasteiger partial charge in [0.25, 0.3) is 0 Å². The van der Waals surface area contributed by atoms with E-state index in [4.69, 9.17) is 9.47 Å². The molecule has 3 rings (SSSR count). The lowest BCUT2D eigenvalue weighted by molar-refractivity contribution is -0.116. The van der Waals surface area contributed by atoms with Crippen molar-refractivity contribution in [2.24, 2.45) is 0 Å². The highest BCUT2D eigenvalue weighted by Crippen LogP contribution is 2.26. The van der Waals surface area contributed by atoms with Crippen LogP contribution in [-0.2, 0) is 21.4 Å². The van der Waals surface area contributed by atoms with Gasteiger partial charge in [0.05, 0.1) is 44.0 Å². The summed E-state index contributed by atoms with van der Waals surface area (Å²) in [6.45, 7) is -0.140. The van der Waals surface area contributed by atoms with E-state index in [9.17, 15) is 18.5 Å². The molecule has 10 nitrogen and oxygen atoms in total. The lowest BCUT2D eigenvalue weighted by atomic mass is 10.2.